The van der Waals surface area contributed by atoms with Crippen molar-refractivity contribution in [3.8, 4) is 0 Å². The Labute approximate surface area is 214 Å². The molecule has 0 fully saturated rings. The Bertz CT molecular complexity index is 1300. The van der Waals surface area contributed by atoms with Gasteiger partial charge in [0, 0.05) is 12.3 Å². The van der Waals surface area contributed by atoms with Crippen molar-refractivity contribution in [2.45, 2.75) is 70.9 Å². The highest BCUT2D eigenvalue weighted by molar-refractivity contribution is 7.98. The predicted molar refractivity (Wildman–Crippen MR) is 141 cm³/mol. The van der Waals surface area contributed by atoms with Crippen LogP contribution in [0.5, 0.6) is 0 Å². The Morgan fingerprint density at radius 3 is 2.06 bits per heavy atom. The number of nitrogens with zero attached hydrogens (tertiary/aromatic N) is 4. The summed E-state index contributed by atoms with van der Waals surface area (Å²) in [6, 6.07) is 10.4. The molecular formula is C26H32N4O5S. The SMILES string of the molecule is CSc1ncc2c(N(C(=O)OC(C)(C)C)C(=O)OC(C)(C)C)cc(=O)n([C@H](C)c3ccccc3)c2n1. The molecule has 0 aliphatic rings. The van der Waals surface area contributed by atoms with Gasteiger partial charge in [0.15, 0.2) is 5.16 Å². The molecule has 2 aromatic heterocycles. The Balaban J connectivity index is 2.31. The van der Waals surface area contributed by atoms with Crippen molar-refractivity contribution in [2.75, 3.05) is 11.2 Å². The summed E-state index contributed by atoms with van der Waals surface area (Å²) >= 11 is 1.31. The van der Waals surface area contributed by atoms with E-state index in [-0.39, 0.29) is 17.4 Å². The lowest BCUT2D eigenvalue weighted by Gasteiger charge is -2.29. The maximum absolute atomic E-state index is 13.6. The van der Waals surface area contributed by atoms with Crippen LogP contribution in [0.25, 0.3) is 11.0 Å². The number of imide groups is 1. The number of carbonyl (C=O) groups is 2. The van der Waals surface area contributed by atoms with E-state index < -0.39 is 28.9 Å². The van der Waals surface area contributed by atoms with Crippen molar-refractivity contribution in [3.63, 3.8) is 0 Å². The number of fused-ring (bicyclic) bond motifs is 1. The number of aromatic nitrogens is 3. The second-order valence-electron chi connectivity index (χ2n) is 10.2. The number of carbonyl (C=O) groups excluding carboxylic acids is 2. The zero-order valence-corrected chi connectivity index (χ0v) is 22.7. The van der Waals surface area contributed by atoms with E-state index in [1.54, 1.807) is 41.5 Å². The normalized spacial score (nSPS) is 12.8. The summed E-state index contributed by atoms with van der Waals surface area (Å²) in [5, 5.41) is 0.765. The maximum Gasteiger partial charge on any atom is 0.424 e. The van der Waals surface area contributed by atoms with Crippen LogP contribution in [0.1, 0.15) is 60.1 Å². The molecule has 0 spiro atoms. The number of benzene rings is 1. The van der Waals surface area contributed by atoms with E-state index in [4.69, 9.17) is 9.47 Å². The Hall–Kier alpha value is -3.40. The highest BCUT2D eigenvalue weighted by Crippen LogP contribution is 2.30. The van der Waals surface area contributed by atoms with Crippen LogP contribution >= 0.6 is 11.8 Å². The van der Waals surface area contributed by atoms with Gasteiger partial charge in [-0.25, -0.2) is 19.6 Å². The van der Waals surface area contributed by atoms with Crippen molar-refractivity contribution >= 4 is 40.7 Å². The Kier molecular flexibility index (Phi) is 7.78. The smallest absolute Gasteiger partial charge is 0.424 e. The molecule has 9 nitrogen and oxygen atoms in total. The van der Waals surface area contributed by atoms with Crippen LogP contribution < -0.4 is 10.5 Å². The summed E-state index contributed by atoms with van der Waals surface area (Å²) in [5.74, 6) is 0. The molecule has 0 unspecified atom stereocenters. The summed E-state index contributed by atoms with van der Waals surface area (Å²) in [6.45, 7) is 12.0. The molecule has 0 aliphatic carbocycles. The summed E-state index contributed by atoms with van der Waals surface area (Å²) < 4.78 is 12.5. The van der Waals surface area contributed by atoms with Gasteiger partial charge in [-0.1, -0.05) is 42.1 Å². The van der Waals surface area contributed by atoms with Crippen LogP contribution in [0.2, 0.25) is 0 Å². The lowest BCUT2D eigenvalue weighted by Crippen LogP contribution is -2.44. The van der Waals surface area contributed by atoms with E-state index in [2.05, 4.69) is 9.97 Å². The number of rotatable bonds is 4. The Morgan fingerprint density at radius 2 is 1.56 bits per heavy atom. The van der Waals surface area contributed by atoms with Gasteiger partial charge < -0.3 is 9.47 Å². The number of thioether (sulfide) groups is 1. The molecule has 0 radical (unpaired) electrons. The molecule has 1 atom stereocenters. The second kappa shape index (κ2) is 10.3. The quantitative estimate of drug-likeness (QED) is 0.319. The van der Waals surface area contributed by atoms with Gasteiger partial charge in [-0.05, 0) is 60.3 Å². The molecule has 192 valence electrons. The first-order chi connectivity index (χ1) is 16.7. The molecule has 0 bridgehead atoms. The minimum atomic E-state index is -0.972. The van der Waals surface area contributed by atoms with Gasteiger partial charge in [0.1, 0.15) is 16.8 Å². The molecule has 1 aromatic carbocycles. The summed E-state index contributed by atoms with van der Waals surface area (Å²) in [6.07, 6.45) is 1.38. The van der Waals surface area contributed by atoms with E-state index in [1.807, 2.05) is 43.5 Å². The average molecular weight is 513 g/mol. The van der Waals surface area contributed by atoms with Crippen molar-refractivity contribution in [2.24, 2.45) is 0 Å². The lowest BCUT2D eigenvalue weighted by atomic mass is 10.1. The minimum absolute atomic E-state index is 0.0114. The lowest BCUT2D eigenvalue weighted by molar-refractivity contribution is 0.0431. The number of ether oxygens (including phenoxy) is 2. The fourth-order valence-electron chi connectivity index (χ4n) is 3.51. The number of anilines is 1. The third kappa shape index (κ3) is 6.23. The van der Waals surface area contributed by atoms with Gasteiger partial charge >= 0.3 is 12.2 Å². The molecule has 3 aromatic rings. The fourth-order valence-corrected chi connectivity index (χ4v) is 3.85. The first kappa shape index (κ1) is 27.2. The zero-order chi connectivity index (χ0) is 26.8. The van der Waals surface area contributed by atoms with Gasteiger partial charge in [0.05, 0.1) is 17.1 Å². The molecule has 0 aliphatic heterocycles. The Morgan fingerprint density at radius 1 is 1.00 bits per heavy atom. The molecule has 36 heavy (non-hydrogen) atoms. The van der Waals surface area contributed by atoms with Crippen LogP contribution in [0, 0.1) is 0 Å². The van der Waals surface area contributed by atoms with Crippen LogP contribution in [0.15, 0.2) is 52.5 Å². The molecule has 0 saturated carbocycles. The van der Waals surface area contributed by atoms with E-state index in [1.165, 1.54) is 28.6 Å². The highest BCUT2D eigenvalue weighted by Gasteiger charge is 2.35. The van der Waals surface area contributed by atoms with Crippen molar-refractivity contribution in [3.05, 3.63) is 58.5 Å². The zero-order valence-electron chi connectivity index (χ0n) is 21.9. The van der Waals surface area contributed by atoms with E-state index in [0.717, 1.165) is 10.5 Å². The van der Waals surface area contributed by atoms with Gasteiger partial charge in [-0.3, -0.25) is 9.36 Å². The summed E-state index contributed by atoms with van der Waals surface area (Å²) in [4.78, 5) is 49.7. The highest BCUT2D eigenvalue weighted by atomic mass is 32.2. The molecule has 3 rings (SSSR count). The van der Waals surface area contributed by atoms with Gasteiger partial charge in [-0.15, -0.1) is 0 Å². The topological polar surface area (TPSA) is 104 Å². The standard InChI is InChI=1S/C26H32N4O5S/c1-16(17-12-10-9-11-13-17)29-20(31)14-19(18-15-27-22(36-8)28-21(18)29)30(23(32)34-25(2,3)4)24(33)35-26(5,6)7/h9-16H,1-8H3/t16-/m1/s1. The third-order valence-electron chi connectivity index (χ3n) is 4.99. The molecule has 2 heterocycles. The molecule has 10 heteroatoms. The van der Waals surface area contributed by atoms with E-state index >= 15 is 0 Å². The van der Waals surface area contributed by atoms with Gasteiger partial charge in [-0.2, -0.15) is 4.90 Å². The van der Waals surface area contributed by atoms with Crippen molar-refractivity contribution in [1.29, 1.82) is 0 Å². The molecule has 0 saturated heterocycles. The third-order valence-corrected chi connectivity index (χ3v) is 5.56. The van der Waals surface area contributed by atoms with E-state index in [9.17, 15) is 14.4 Å². The van der Waals surface area contributed by atoms with Crippen LogP contribution in [0.3, 0.4) is 0 Å². The second-order valence-corrected chi connectivity index (χ2v) is 11.0. The molecule has 0 N–H and O–H groups in total. The van der Waals surface area contributed by atoms with Gasteiger partial charge in [0.2, 0.25) is 0 Å². The van der Waals surface area contributed by atoms with Crippen LogP contribution in [0.4, 0.5) is 15.3 Å². The maximum atomic E-state index is 13.6. The summed E-state index contributed by atoms with van der Waals surface area (Å²) in [7, 11) is 0. The number of amides is 2. The fraction of sp³-hybridized carbons (Fsp3) is 0.423. The number of pyridine rings is 1. The minimum Gasteiger partial charge on any atom is -0.443 e. The van der Waals surface area contributed by atoms with Crippen LogP contribution in [-0.2, 0) is 9.47 Å². The average Bonchev–Trinajstić information content (AvgIpc) is 2.76. The number of hydrogen-bond donors (Lipinski definition) is 0. The van der Waals surface area contributed by atoms with Crippen molar-refractivity contribution < 1.29 is 19.1 Å². The number of hydrogen-bond acceptors (Lipinski definition) is 8. The van der Waals surface area contributed by atoms with Crippen LogP contribution in [-0.4, -0.2) is 44.2 Å². The first-order valence-corrected chi connectivity index (χ1v) is 12.7. The largest absolute Gasteiger partial charge is 0.443 e. The van der Waals surface area contributed by atoms with Gasteiger partial charge in [0.25, 0.3) is 5.56 Å². The molecular weight excluding hydrogens is 480 g/mol. The predicted octanol–water partition coefficient (Wildman–Crippen LogP) is 5.80. The first-order valence-electron chi connectivity index (χ1n) is 11.5. The van der Waals surface area contributed by atoms with E-state index in [0.29, 0.717) is 10.5 Å². The molecule has 2 amide bonds. The van der Waals surface area contributed by atoms with Crippen molar-refractivity contribution in [1.82, 2.24) is 14.5 Å². The summed E-state index contributed by atoms with van der Waals surface area (Å²) in [5.41, 5.74) is -1.07. The monoisotopic (exact) mass is 512 g/mol.